The first-order valence-electron chi connectivity index (χ1n) is 7.59. The van der Waals surface area contributed by atoms with Crippen molar-refractivity contribution in [2.75, 3.05) is 5.32 Å². The van der Waals surface area contributed by atoms with Gasteiger partial charge in [0.05, 0.1) is 0 Å². The Balaban J connectivity index is 2.01. The largest absolute Gasteiger partial charge is 0.374 e. The van der Waals surface area contributed by atoms with Crippen molar-refractivity contribution in [2.45, 2.75) is 39.3 Å². The second kappa shape index (κ2) is 6.65. The summed E-state index contributed by atoms with van der Waals surface area (Å²) < 4.78 is 0. The van der Waals surface area contributed by atoms with Crippen LogP contribution in [0.5, 0.6) is 0 Å². The molecule has 0 saturated heterocycles. The van der Waals surface area contributed by atoms with Crippen LogP contribution in [0.15, 0.2) is 54.6 Å². The molecule has 3 heteroatoms. The second-order valence-electron chi connectivity index (χ2n) is 6.55. The average Bonchev–Trinajstić information content (AvgIpc) is 2.47. The molecule has 116 valence electrons. The molecule has 1 atom stereocenters. The lowest BCUT2D eigenvalue weighted by atomic mass is 10.1. The first-order chi connectivity index (χ1) is 10.3. The van der Waals surface area contributed by atoms with Gasteiger partial charge in [0.25, 0.3) is 0 Å². The Morgan fingerprint density at radius 2 is 1.45 bits per heavy atom. The van der Waals surface area contributed by atoms with Gasteiger partial charge in [-0.05, 0) is 51.0 Å². The normalized spacial score (nSPS) is 12.5. The van der Waals surface area contributed by atoms with Crippen LogP contribution >= 0.6 is 0 Å². The molecular weight excluding hydrogens is 272 g/mol. The minimum absolute atomic E-state index is 0.000337. The highest BCUT2D eigenvalue weighted by Gasteiger charge is 2.18. The van der Waals surface area contributed by atoms with Crippen molar-refractivity contribution < 1.29 is 4.79 Å². The smallest absolute Gasteiger partial charge is 0.242 e. The fourth-order valence-corrected chi connectivity index (χ4v) is 2.18. The zero-order valence-corrected chi connectivity index (χ0v) is 13.7. The van der Waals surface area contributed by atoms with Crippen molar-refractivity contribution >= 4 is 11.6 Å². The monoisotopic (exact) mass is 296 g/mol. The van der Waals surface area contributed by atoms with Gasteiger partial charge < -0.3 is 10.6 Å². The van der Waals surface area contributed by atoms with Crippen molar-refractivity contribution in [3.63, 3.8) is 0 Å². The molecule has 2 rings (SSSR count). The molecule has 0 aromatic heterocycles. The van der Waals surface area contributed by atoms with Crippen molar-refractivity contribution in [2.24, 2.45) is 0 Å². The lowest BCUT2D eigenvalue weighted by Gasteiger charge is -2.24. The van der Waals surface area contributed by atoms with E-state index in [1.165, 1.54) is 5.56 Å². The summed E-state index contributed by atoms with van der Waals surface area (Å²) in [7, 11) is 0. The summed E-state index contributed by atoms with van der Waals surface area (Å²) in [5, 5.41) is 6.21. The molecule has 0 radical (unpaired) electrons. The van der Waals surface area contributed by atoms with Crippen LogP contribution in [0.3, 0.4) is 0 Å². The first kappa shape index (κ1) is 16.1. The van der Waals surface area contributed by atoms with Gasteiger partial charge in [0.1, 0.15) is 6.04 Å². The third-order valence-corrected chi connectivity index (χ3v) is 3.27. The zero-order valence-electron chi connectivity index (χ0n) is 13.7. The van der Waals surface area contributed by atoms with Crippen LogP contribution in [-0.2, 0) is 4.79 Å². The van der Waals surface area contributed by atoms with Gasteiger partial charge >= 0.3 is 0 Å². The maximum absolute atomic E-state index is 12.1. The lowest BCUT2D eigenvalue weighted by molar-refractivity contribution is -0.122. The SMILES string of the molecule is CC(Nc1ccc(-c2ccccc2)cc1)C(=O)NC(C)(C)C. The number of hydrogen-bond acceptors (Lipinski definition) is 2. The quantitative estimate of drug-likeness (QED) is 0.893. The van der Waals surface area contributed by atoms with Gasteiger partial charge in [-0.25, -0.2) is 0 Å². The van der Waals surface area contributed by atoms with Gasteiger partial charge in [-0.1, -0.05) is 42.5 Å². The van der Waals surface area contributed by atoms with Crippen LogP contribution in [0.2, 0.25) is 0 Å². The fourth-order valence-electron chi connectivity index (χ4n) is 2.18. The maximum Gasteiger partial charge on any atom is 0.242 e. The van der Waals surface area contributed by atoms with Gasteiger partial charge in [-0.3, -0.25) is 4.79 Å². The van der Waals surface area contributed by atoms with E-state index in [0.717, 1.165) is 11.3 Å². The standard InChI is InChI=1S/C19H24N2O/c1-14(18(22)21-19(2,3)4)20-17-12-10-16(11-13-17)15-8-6-5-7-9-15/h5-14,20H,1-4H3,(H,21,22). The molecule has 0 heterocycles. The Morgan fingerprint density at radius 3 is 2.00 bits per heavy atom. The van der Waals surface area contributed by atoms with E-state index in [4.69, 9.17) is 0 Å². The van der Waals surface area contributed by atoms with E-state index < -0.39 is 0 Å². The minimum atomic E-state index is -0.276. The van der Waals surface area contributed by atoms with Crippen molar-refractivity contribution in [3.8, 4) is 11.1 Å². The predicted octanol–water partition coefficient (Wildman–Crippen LogP) is 4.07. The third kappa shape index (κ3) is 4.62. The summed E-state index contributed by atoms with van der Waals surface area (Å²) in [5.74, 6) is -0.000337. The number of hydrogen-bond donors (Lipinski definition) is 2. The topological polar surface area (TPSA) is 41.1 Å². The first-order valence-corrected chi connectivity index (χ1v) is 7.59. The summed E-state index contributed by atoms with van der Waals surface area (Å²) in [6.07, 6.45) is 0. The highest BCUT2D eigenvalue weighted by Crippen LogP contribution is 2.21. The summed E-state index contributed by atoms with van der Waals surface area (Å²) in [6.45, 7) is 7.80. The Bertz CT molecular complexity index is 612. The lowest BCUT2D eigenvalue weighted by Crippen LogP contribution is -2.47. The summed E-state index contributed by atoms with van der Waals surface area (Å²) >= 11 is 0. The van der Waals surface area contributed by atoms with Crippen LogP contribution in [0.25, 0.3) is 11.1 Å². The number of benzene rings is 2. The fraction of sp³-hybridized carbons (Fsp3) is 0.316. The van der Waals surface area contributed by atoms with Crippen LogP contribution in [0, 0.1) is 0 Å². The molecule has 0 aliphatic rings. The number of carbonyl (C=O) groups is 1. The average molecular weight is 296 g/mol. The van der Waals surface area contributed by atoms with Crippen LogP contribution in [0.1, 0.15) is 27.7 Å². The van der Waals surface area contributed by atoms with Gasteiger partial charge in [0, 0.05) is 11.2 Å². The van der Waals surface area contributed by atoms with E-state index in [2.05, 4.69) is 34.9 Å². The molecule has 2 N–H and O–H groups in total. The highest BCUT2D eigenvalue weighted by atomic mass is 16.2. The second-order valence-corrected chi connectivity index (χ2v) is 6.55. The number of anilines is 1. The summed E-state index contributed by atoms with van der Waals surface area (Å²) in [5.41, 5.74) is 3.08. The molecule has 2 aromatic carbocycles. The van der Waals surface area contributed by atoms with E-state index in [1.54, 1.807) is 0 Å². The molecule has 22 heavy (non-hydrogen) atoms. The van der Waals surface area contributed by atoms with E-state index in [9.17, 15) is 4.79 Å². The highest BCUT2D eigenvalue weighted by molar-refractivity contribution is 5.84. The Hall–Kier alpha value is -2.29. The minimum Gasteiger partial charge on any atom is -0.374 e. The molecule has 0 spiro atoms. The van der Waals surface area contributed by atoms with Crippen molar-refractivity contribution in [1.29, 1.82) is 0 Å². The molecule has 0 fully saturated rings. The Labute approximate surface area is 132 Å². The number of amides is 1. The number of carbonyl (C=O) groups excluding carboxylic acids is 1. The van der Waals surface area contributed by atoms with E-state index >= 15 is 0 Å². The molecular formula is C19H24N2O. The van der Waals surface area contributed by atoms with Gasteiger partial charge in [0.2, 0.25) is 5.91 Å². The van der Waals surface area contributed by atoms with E-state index in [1.807, 2.05) is 58.0 Å². The van der Waals surface area contributed by atoms with Crippen LogP contribution in [0.4, 0.5) is 5.69 Å². The molecule has 1 unspecified atom stereocenters. The Kier molecular flexibility index (Phi) is 4.86. The molecule has 0 aliphatic heterocycles. The predicted molar refractivity (Wildman–Crippen MR) is 92.9 cm³/mol. The van der Waals surface area contributed by atoms with Gasteiger partial charge in [-0.2, -0.15) is 0 Å². The molecule has 0 saturated carbocycles. The van der Waals surface area contributed by atoms with Gasteiger partial charge in [-0.15, -0.1) is 0 Å². The molecule has 0 bridgehead atoms. The number of rotatable bonds is 4. The Morgan fingerprint density at radius 1 is 0.909 bits per heavy atom. The van der Waals surface area contributed by atoms with Crippen LogP contribution in [-0.4, -0.2) is 17.5 Å². The molecule has 1 amide bonds. The summed E-state index contributed by atoms with van der Waals surface area (Å²) in [4.78, 5) is 12.1. The molecule has 3 nitrogen and oxygen atoms in total. The number of nitrogens with one attached hydrogen (secondary N) is 2. The zero-order chi connectivity index (χ0) is 16.2. The molecule has 0 aliphatic carbocycles. The van der Waals surface area contributed by atoms with Crippen molar-refractivity contribution in [3.05, 3.63) is 54.6 Å². The van der Waals surface area contributed by atoms with E-state index in [0.29, 0.717) is 0 Å². The maximum atomic E-state index is 12.1. The summed E-state index contributed by atoms with van der Waals surface area (Å²) in [6, 6.07) is 18.1. The van der Waals surface area contributed by atoms with E-state index in [-0.39, 0.29) is 17.5 Å². The van der Waals surface area contributed by atoms with Gasteiger partial charge in [0.15, 0.2) is 0 Å². The molecule has 2 aromatic rings. The van der Waals surface area contributed by atoms with Crippen molar-refractivity contribution in [1.82, 2.24) is 5.32 Å². The third-order valence-electron chi connectivity index (χ3n) is 3.27. The van der Waals surface area contributed by atoms with Crippen LogP contribution < -0.4 is 10.6 Å².